The summed E-state index contributed by atoms with van der Waals surface area (Å²) >= 11 is 4.41. The van der Waals surface area contributed by atoms with E-state index in [1.165, 1.54) is 23.5 Å². The molecule has 0 fully saturated rings. The van der Waals surface area contributed by atoms with Gasteiger partial charge in [-0.15, -0.1) is 11.3 Å². The number of rotatable bonds is 4. The zero-order valence-corrected chi connectivity index (χ0v) is 13.5. The number of aryl methyl sites for hydroxylation is 1. The number of thiazole rings is 1. The van der Waals surface area contributed by atoms with E-state index < -0.39 is 15.8 Å². The molecule has 1 aromatic carbocycles. The maximum atomic E-state index is 12.4. The highest BCUT2D eigenvalue weighted by Gasteiger charge is 2.22. The summed E-state index contributed by atoms with van der Waals surface area (Å²) in [6.45, 7) is 1.79. The predicted octanol–water partition coefficient (Wildman–Crippen LogP) is 2.89. The van der Waals surface area contributed by atoms with Gasteiger partial charge in [-0.05, 0) is 41.1 Å². The Morgan fingerprint density at radius 2 is 2.15 bits per heavy atom. The van der Waals surface area contributed by atoms with E-state index in [4.69, 9.17) is 5.11 Å². The standard InChI is InChI=1S/C12H10BrNO4S2/c1-7-5-19-11(14-7)6-20(17,18)10-4-8(12(15)16)2-3-9(10)13/h2-5H,6H2,1H3,(H,15,16). The summed E-state index contributed by atoms with van der Waals surface area (Å²) in [6.07, 6.45) is 0. The lowest BCUT2D eigenvalue weighted by Gasteiger charge is -2.06. The Hall–Kier alpha value is -1.25. The molecular formula is C12H10BrNO4S2. The molecule has 0 amide bonds. The first-order chi connectivity index (χ1) is 9.29. The topological polar surface area (TPSA) is 84.3 Å². The Kier molecular flexibility index (Phi) is 4.26. The Labute approximate surface area is 128 Å². The summed E-state index contributed by atoms with van der Waals surface area (Å²) in [4.78, 5) is 15.0. The number of hydrogen-bond acceptors (Lipinski definition) is 5. The molecule has 0 atom stereocenters. The second kappa shape index (κ2) is 5.63. The number of aromatic nitrogens is 1. The van der Waals surface area contributed by atoms with Gasteiger partial charge in [-0.1, -0.05) is 0 Å². The lowest BCUT2D eigenvalue weighted by Crippen LogP contribution is -2.08. The summed E-state index contributed by atoms with van der Waals surface area (Å²) in [6, 6.07) is 3.92. The second-order valence-corrected chi connectivity index (χ2v) is 7.85. The highest BCUT2D eigenvalue weighted by atomic mass is 79.9. The number of sulfone groups is 1. The van der Waals surface area contributed by atoms with Crippen molar-refractivity contribution in [2.24, 2.45) is 0 Å². The number of nitrogens with zero attached hydrogens (tertiary/aromatic N) is 1. The second-order valence-electron chi connectivity index (χ2n) is 4.09. The van der Waals surface area contributed by atoms with Crippen LogP contribution in [0.25, 0.3) is 0 Å². The van der Waals surface area contributed by atoms with Crippen LogP contribution >= 0.6 is 27.3 Å². The average molecular weight is 376 g/mol. The highest BCUT2D eigenvalue weighted by Crippen LogP contribution is 2.27. The Morgan fingerprint density at radius 1 is 1.45 bits per heavy atom. The van der Waals surface area contributed by atoms with Gasteiger partial charge in [0.15, 0.2) is 9.84 Å². The molecule has 8 heteroatoms. The summed E-state index contributed by atoms with van der Waals surface area (Å²) in [7, 11) is -3.65. The molecule has 5 nitrogen and oxygen atoms in total. The van der Waals surface area contributed by atoms with Crippen molar-refractivity contribution in [3.05, 3.63) is 44.3 Å². The van der Waals surface area contributed by atoms with E-state index in [0.29, 0.717) is 9.48 Å². The maximum absolute atomic E-state index is 12.4. The van der Waals surface area contributed by atoms with E-state index in [9.17, 15) is 13.2 Å². The molecule has 0 saturated heterocycles. The minimum absolute atomic E-state index is 0.0368. The Bertz CT molecular complexity index is 768. The van der Waals surface area contributed by atoms with Gasteiger partial charge in [0, 0.05) is 15.5 Å². The van der Waals surface area contributed by atoms with Gasteiger partial charge in [-0.2, -0.15) is 0 Å². The Morgan fingerprint density at radius 3 is 2.70 bits per heavy atom. The molecular weight excluding hydrogens is 366 g/mol. The summed E-state index contributed by atoms with van der Waals surface area (Å²) < 4.78 is 25.0. The molecule has 0 radical (unpaired) electrons. The van der Waals surface area contributed by atoms with Crippen molar-refractivity contribution < 1.29 is 18.3 Å². The van der Waals surface area contributed by atoms with Gasteiger partial charge in [-0.25, -0.2) is 18.2 Å². The van der Waals surface area contributed by atoms with Gasteiger partial charge in [0.25, 0.3) is 0 Å². The van der Waals surface area contributed by atoms with Crippen LogP contribution in [0.4, 0.5) is 0 Å². The van der Waals surface area contributed by atoms with Gasteiger partial charge in [0.1, 0.15) is 10.8 Å². The number of carboxylic acids is 1. The molecule has 0 aliphatic rings. The third-order valence-corrected chi connectivity index (χ3v) is 6.26. The molecule has 2 rings (SSSR count). The monoisotopic (exact) mass is 375 g/mol. The van der Waals surface area contributed by atoms with Crippen molar-refractivity contribution in [1.29, 1.82) is 0 Å². The van der Waals surface area contributed by atoms with Crippen molar-refractivity contribution in [3.63, 3.8) is 0 Å². The van der Waals surface area contributed by atoms with Crippen LogP contribution in [0.15, 0.2) is 32.9 Å². The molecule has 0 bridgehead atoms. The van der Waals surface area contributed by atoms with Crippen molar-refractivity contribution >= 4 is 43.1 Å². The van der Waals surface area contributed by atoms with Crippen LogP contribution < -0.4 is 0 Å². The SMILES string of the molecule is Cc1csc(CS(=O)(=O)c2cc(C(=O)O)ccc2Br)n1. The van der Waals surface area contributed by atoms with Crippen LogP contribution in [0.3, 0.4) is 0 Å². The number of carbonyl (C=O) groups is 1. The highest BCUT2D eigenvalue weighted by molar-refractivity contribution is 9.10. The fourth-order valence-corrected chi connectivity index (χ4v) is 5.08. The van der Waals surface area contributed by atoms with Crippen LogP contribution in [0.1, 0.15) is 21.1 Å². The van der Waals surface area contributed by atoms with Crippen LogP contribution in [0.5, 0.6) is 0 Å². The normalized spacial score (nSPS) is 11.5. The van der Waals surface area contributed by atoms with Crippen LogP contribution in [0.2, 0.25) is 0 Å². The van der Waals surface area contributed by atoms with E-state index in [1.54, 1.807) is 12.3 Å². The fourth-order valence-electron chi connectivity index (χ4n) is 1.58. The fraction of sp³-hybridized carbons (Fsp3) is 0.167. The molecule has 0 unspecified atom stereocenters. The van der Waals surface area contributed by atoms with Crippen molar-refractivity contribution in [2.45, 2.75) is 17.6 Å². The first kappa shape index (κ1) is 15.1. The maximum Gasteiger partial charge on any atom is 0.335 e. The van der Waals surface area contributed by atoms with Gasteiger partial charge >= 0.3 is 5.97 Å². The molecule has 0 saturated carbocycles. The first-order valence-electron chi connectivity index (χ1n) is 5.46. The largest absolute Gasteiger partial charge is 0.478 e. The quantitative estimate of drug-likeness (QED) is 0.887. The average Bonchev–Trinajstić information content (AvgIpc) is 2.73. The molecule has 0 aliphatic heterocycles. The van der Waals surface area contributed by atoms with Crippen LogP contribution in [0, 0.1) is 6.92 Å². The zero-order chi connectivity index (χ0) is 14.9. The molecule has 1 heterocycles. The number of benzene rings is 1. The van der Waals surface area contributed by atoms with Gasteiger partial charge in [-0.3, -0.25) is 0 Å². The number of halogens is 1. The zero-order valence-electron chi connectivity index (χ0n) is 10.3. The summed E-state index contributed by atoms with van der Waals surface area (Å²) in [5.41, 5.74) is 0.695. The minimum Gasteiger partial charge on any atom is -0.478 e. The van der Waals surface area contributed by atoms with E-state index in [-0.39, 0.29) is 16.2 Å². The molecule has 0 spiro atoms. The smallest absolute Gasteiger partial charge is 0.335 e. The van der Waals surface area contributed by atoms with Crippen molar-refractivity contribution in [3.8, 4) is 0 Å². The third-order valence-electron chi connectivity index (χ3n) is 2.49. The molecule has 106 valence electrons. The molecule has 1 N–H and O–H groups in total. The summed E-state index contributed by atoms with van der Waals surface area (Å²) in [5, 5.41) is 11.2. The van der Waals surface area contributed by atoms with E-state index in [2.05, 4.69) is 20.9 Å². The Balaban J connectivity index is 2.43. The van der Waals surface area contributed by atoms with E-state index in [1.807, 2.05) is 0 Å². The third kappa shape index (κ3) is 3.25. The molecule has 1 aromatic heterocycles. The number of aromatic carboxylic acids is 1. The predicted molar refractivity (Wildman–Crippen MR) is 78.8 cm³/mol. The molecule has 20 heavy (non-hydrogen) atoms. The number of carboxylic acid groups (broad SMARTS) is 1. The van der Waals surface area contributed by atoms with Gasteiger partial charge in [0.05, 0.1) is 10.5 Å². The lowest BCUT2D eigenvalue weighted by atomic mass is 10.2. The van der Waals surface area contributed by atoms with Crippen molar-refractivity contribution in [2.75, 3.05) is 0 Å². The summed E-state index contributed by atoms with van der Waals surface area (Å²) in [5.74, 6) is -1.41. The first-order valence-corrected chi connectivity index (χ1v) is 8.79. The van der Waals surface area contributed by atoms with Crippen LogP contribution in [-0.2, 0) is 15.6 Å². The van der Waals surface area contributed by atoms with Crippen molar-refractivity contribution in [1.82, 2.24) is 4.98 Å². The lowest BCUT2D eigenvalue weighted by molar-refractivity contribution is 0.0696. The molecule has 0 aliphatic carbocycles. The van der Waals surface area contributed by atoms with E-state index >= 15 is 0 Å². The minimum atomic E-state index is -3.65. The number of hydrogen-bond donors (Lipinski definition) is 1. The van der Waals surface area contributed by atoms with E-state index in [0.717, 1.165) is 11.8 Å². The molecule has 2 aromatic rings. The van der Waals surface area contributed by atoms with Gasteiger partial charge in [0.2, 0.25) is 0 Å². The van der Waals surface area contributed by atoms with Gasteiger partial charge < -0.3 is 5.11 Å². The van der Waals surface area contributed by atoms with Crippen LogP contribution in [-0.4, -0.2) is 24.5 Å².